The fraction of sp³-hybridized carbons (Fsp3) is 0.500. The molecular formula is C16H20O3S. The molecule has 4 heteroatoms. The zero-order valence-electron chi connectivity index (χ0n) is 12.0. The van der Waals surface area contributed by atoms with Crippen LogP contribution in [0.1, 0.15) is 45.1 Å². The second-order valence-corrected chi connectivity index (χ2v) is 7.71. The number of unbranched alkanes of at least 4 members (excludes halogenated alkanes) is 1. The van der Waals surface area contributed by atoms with Crippen LogP contribution in [0.2, 0.25) is 0 Å². The van der Waals surface area contributed by atoms with Gasteiger partial charge in [-0.25, -0.2) is 8.42 Å². The second kappa shape index (κ2) is 4.62. The van der Waals surface area contributed by atoms with E-state index in [0.29, 0.717) is 4.90 Å². The number of hydrogen-bond donors (Lipinski definition) is 0. The summed E-state index contributed by atoms with van der Waals surface area (Å²) in [6.45, 7) is 4.19. The number of hydrogen-bond acceptors (Lipinski definition) is 3. The Hall–Kier alpha value is -1.29. The summed E-state index contributed by atoms with van der Waals surface area (Å²) in [6.07, 6.45) is 3.78. The molecule has 2 aliphatic rings. The van der Waals surface area contributed by atoms with Crippen molar-refractivity contribution in [3.05, 3.63) is 35.6 Å². The van der Waals surface area contributed by atoms with Crippen molar-refractivity contribution in [1.29, 1.82) is 0 Å². The van der Waals surface area contributed by atoms with Gasteiger partial charge in [-0.2, -0.15) is 0 Å². The smallest absolute Gasteiger partial charge is 0.180 e. The topological polar surface area (TPSA) is 46.7 Å². The molecule has 0 radical (unpaired) electrons. The third-order valence-electron chi connectivity index (χ3n) is 4.47. The van der Waals surface area contributed by atoms with Crippen molar-refractivity contribution in [2.45, 2.75) is 44.4 Å². The maximum Gasteiger partial charge on any atom is 0.180 e. The molecule has 2 aliphatic heterocycles. The van der Waals surface area contributed by atoms with Gasteiger partial charge >= 0.3 is 0 Å². The predicted octanol–water partition coefficient (Wildman–Crippen LogP) is 3.76. The van der Waals surface area contributed by atoms with Crippen LogP contribution in [0.25, 0.3) is 5.76 Å². The van der Waals surface area contributed by atoms with Gasteiger partial charge in [0, 0.05) is 11.0 Å². The Labute approximate surface area is 120 Å². The molecule has 0 amide bonds. The van der Waals surface area contributed by atoms with Gasteiger partial charge in [-0.1, -0.05) is 38.8 Å². The first-order chi connectivity index (χ1) is 9.54. The molecule has 2 heterocycles. The quantitative estimate of drug-likeness (QED) is 0.849. The lowest BCUT2D eigenvalue weighted by atomic mass is 9.81. The average molecular weight is 292 g/mol. The average Bonchev–Trinajstić information content (AvgIpc) is 3.24. The first kappa shape index (κ1) is 13.7. The lowest BCUT2D eigenvalue weighted by Gasteiger charge is -2.28. The minimum atomic E-state index is -3.25. The molecule has 0 N–H and O–H groups in total. The minimum Gasteiger partial charge on any atom is -0.453 e. The van der Waals surface area contributed by atoms with E-state index >= 15 is 0 Å². The Bertz CT molecular complexity index is 673. The summed E-state index contributed by atoms with van der Waals surface area (Å²) < 4.78 is 31.2. The Balaban J connectivity index is 2.13. The van der Waals surface area contributed by atoms with Crippen LogP contribution in [0.5, 0.6) is 0 Å². The van der Waals surface area contributed by atoms with E-state index in [-0.39, 0.29) is 11.2 Å². The number of fused-ring (bicyclic) bond motifs is 2. The minimum absolute atomic E-state index is 0.173. The Morgan fingerprint density at radius 1 is 1.25 bits per heavy atom. The van der Waals surface area contributed by atoms with Gasteiger partial charge < -0.3 is 4.74 Å². The van der Waals surface area contributed by atoms with E-state index in [2.05, 4.69) is 13.8 Å². The van der Waals surface area contributed by atoms with Gasteiger partial charge in [-0.05, 0) is 25.0 Å². The highest BCUT2D eigenvalue weighted by Crippen LogP contribution is 2.56. The van der Waals surface area contributed by atoms with Gasteiger partial charge in [0.25, 0.3) is 0 Å². The van der Waals surface area contributed by atoms with Crippen LogP contribution in [0.3, 0.4) is 0 Å². The van der Waals surface area contributed by atoms with Crippen LogP contribution in [0.15, 0.2) is 34.9 Å². The van der Waals surface area contributed by atoms with Gasteiger partial charge in [-0.15, -0.1) is 0 Å². The summed E-state index contributed by atoms with van der Waals surface area (Å²) in [5.74, 6) is 1.90. The monoisotopic (exact) mass is 292 g/mol. The largest absolute Gasteiger partial charge is 0.453 e. The van der Waals surface area contributed by atoms with E-state index in [1.54, 1.807) is 12.1 Å². The lowest BCUT2D eigenvalue weighted by Crippen LogP contribution is -2.29. The molecule has 1 aromatic carbocycles. The number of ether oxygens (including phenoxy) is 1. The molecule has 3 nitrogen and oxygen atoms in total. The summed E-state index contributed by atoms with van der Waals surface area (Å²) in [4.78, 5) is 0.428. The summed E-state index contributed by atoms with van der Waals surface area (Å²) in [5.41, 5.74) is 0.415. The van der Waals surface area contributed by atoms with Crippen molar-refractivity contribution in [2.75, 3.05) is 5.75 Å². The number of rotatable bonds is 4. The third kappa shape index (κ3) is 1.97. The van der Waals surface area contributed by atoms with E-state index < -0.39 is 9.84 Å². The second-order valence-electron chi connectivity index (χ2n) is 5.75. The maximum absolute atomic E-state index is 12.7. The van der Waals surface area contributed by atoms with Gasteiger partial charge in [0.1, 0.15) is 0 Å². The number of sulfone groups is 1. The predicted molar refractivity (Wildman–Crippen MR) is 78.7 cm³/mol. The van der Waals surface area contributed by atoms with Crippen molar-refractivity contribution in [2.24, 2.45) is 5.41 Å². The summed E-state index contributed by atoms with van der Waals surface area (Å²) in [6, 6.07) is 7.19. The van der Waals surface area contributed by atoms with Crippen LogP contribution in [-0.2, 0) is 14.6 Å². The fourth-order valence-corrected chi connectivity index (χ4v) is 5.32. The van der Waals surface area contributed by atoms with Gasteiger partial charge in [0.15, 0.2) is 21.4 Å². The zero-order valence-corrected chi connectivity index (χ0v) is 12.8. The highest BCUT2D eigenvalue weighted by molar-refractivity contribution is 7.91. The molecule has 20 heavy (non-hydrogen) atoms. The van der Waals surface area contributed by atoms with E-state index in [1.165, 1.54) is 0 Å². The molecule has 3 rings (SSSR count). The van der Waals surface area contributed by atoms with E-state index in [4.69, 9.17) is 4.74 Å². The normalized spacial score (nSPS) is 26.3. The summed E-state index contributed by atoms with van der Waals surface area (Å²) in [7, 11) is -3.25. The summed E-state index contributed by atoms with van der Waals surface area (Å²) >= 11 is 0. The van der Waals surface area contributed by atoms with Crippen molar-refractivity contribution >= 4 is 15.6 Å². The fourth-order valence-electron chi connectivity index (χ4n) is 3.18. The van der Waals surface area contributed by atoms with Crippen molar-refractivity contribution in [3.8, 4) is 0 Å². The van der Waals surface area contributed by atoms with Gasteiger partial charge in [0.2, 0.25) is 0 Å². The third-order valence-corrected chi connectivity index (χ3v) is 6.43. The van der Waals surface area contributed by atoms with Crippen LogP contribution in [-0.4, -0.2) is 14.2 Å². The maximum atomic E-state index is 12.7. The first-order valence-corrected chi connectivity index (χ1v) is 8.94. The lowest BCUT2D eigenvalue weighted by molar-refractivity contribution is 0.278. The Morgan fingerprint density at radius 3 is 2.70 bits per heavy atom. The molecule has 0 bridgehead atoms. The van der Waals surface area contributed by atoms with Crippen LogP contribution >= 0.6 is 0 Å². The molecule has 0 spiro atoms. The molecule has 0 aliphatic carbocycles. The zero-order chi connectivity index (χ0) is 14.4. The molecule has 1 aromatic rings. The molecule has 0 aromatic heterocycles. The van der Waals surface area contributed by atoms with Crippen molar-refractivity contribution in [1.82, 2.24) is 0 Å². The van der Waals surface area contributed by atoms with Crippen LogP contribution in [0, 0.1) is 5.41 Å². The number of benzene rings is 1. The van der Waals surface area contributed by atoms with Gasteiger partial charge in [0.05, 0.1) is 10.6 Å². The van der Waals surface area contributed by atoms with Gasteiger partial charge in [-0.3, -0.25) is 0 Å². The standard InChI is InChI=1S/C16H20O3S/c1-3-5-10-16(4-2)11-20(17,18)13-9-7-6-8-12(13)14-15(16)19-14/h6-9H,3-5,10-11H2,1-2H3/t16-/m0/s1. The van der Waals surface area contributed by atoms with Crippen molar-refractivity contribution < 1.29 is 13.2 Å². The molecule has 108 valence electrons. The Morgan fingerprint density at radius 2 is 2.00 bits per heavy atom. The van der Waals surface area contributed by atoms with Crippen LogP contribution in [0.4, 0.5) is 0 Å². The van der Waals surface area contributed by atoms with Crippen LogP contribution < -0.4 is 0 Å². The molecule has 0 saturated heterocycles. The van der Waals surface area contributed by atoms with E-state index in [1.807, 2.05) is 12.1 Å². The highest BCUT2D eigenvalue weighted by Gasteiger charge is 2.51. The SMILES string of the molecule is CCCC[C@@]1(CC)CS(=O)(=O)c2ccccc2C2=C1O2. The highest BCUT2D eigenvalue weighted by atomic mass is 32.2. The van der Waals surface area contributed by atoms with E-state index in [0.717, 1.165) is 42.8 Å². The molecule has 0 unspecified atom stereocenters. The first-order valence-electron chi connectivity index (χ1n) is 7.29. The Kier molecular flexibility index (Phi) is 3.16. The molecule has 0 fully saturated rings. The number of allylic oxidation sites excluding steroid dienone is 1. The molecule has 1 atom stereocenters. The summed E-state index contributed by atoms with van der Waals surface area (Å²) in [5, 5.41) is 0. The molecular weight excluding hydrogens is 272 g/mol. The van der Waals surface area contributed by atoms with E-state index in [9.17, 15) is 8.42 Å². The van der Waals surface area contributed by atoms with Crippen molar-refractivity contribution in [3.63, 3.8) is 0 Å². The molecule has 0 saturated carbocycles.